The van der Waals surface area contributed by atoms with Crippen molar-refractivity contribution in [1.82, 2.24) is 26.2 Å². The van der Waals surface area contributed by atoms with Gasteiger partial charge < -0.3 is 40.2 Å². The topological polar surface area (TPSA) is 191 Å². The molecule has 1 aliphatic heterocycles. The van der Waals surface area contributed by atoms with Crippen LogP contribution in [0.2, 0.25) is 0 Å². The molecule has 1 unspecified atom stereocenters. The van der Waals surface area contributed by atoms with E-state index in [1.807, 2.05) is 0 Å². The van der Waals surface area contributed by atoms with Gasteiger partial charge in [-0.1, -0.05) is 6.92 Å². The van der Waals surface area contributed by atoms with Crippen LogP contribution in [0.4, 0.5) is 0 Å². The summed E-state index contributed by atoms with van der Waals surface area (Å²) in [5.74, 6) is -1.93. The minimum absolute atomic E-state index is 0.0111. The number of imide groups is 1. The molecule has 222 valence electrons. The van der Waals surface area contributed by atoms with Gasteiger partial charge in [-0.3, -0.25) is 33.7 Å². The second-order valence-electron chi connectivity index (χ2n) is 8.60. The van der Waals surface area contributed by atoms with Gasteiger partial charge in [0.05, 0.1) is 39.6 Å². The highest BCUT2D eigenvalue weighted by atomic mass is 16.5. The van der Waals surface area contributed by atoms with Gasteiger partial charge in [0.15, 0.2) is 0 Å². The maximum atomic E-state index is 11.9. The summed E-state index contributed by atoms with van der Waals surface area (Å²) in [6.07, 6.45) is 0.189. The van der Waals surface area contributed by atoms with Gasteiger partial charge in [0.25, 0.3) is 0 Å². The van der Waals surface area contributed by atoms with Gasteiger partial charge in [-0.25, -0.2) is 0 Å². The smallest absolute Gasteiger partial charge is 0.246 e. The van der Waals surface area contributed by atoms with Crippen molar-refractivity contribution in [1.29, 1.82) is 0 Å². The Balaban J connectivity index is 1.86. The first-order chi connectivity index (χ1) is 18.7. The van der Waals surface area contributed by atoms with Gasteiger partial charge in [-0.05, 0) is 0 Å². The van der Waals surface area contributed by atoms with Gasteiger partial charge in [0, 0.05) is 58.4 Å². The summed E-state index contributed by atoms with van der Waals surface area (Å²) in [6.45, 7) is 5.67. The number of hydrogen-bond donors (Lipinski definition) is 4. The molecule has 1 heterocycles. The van der Waals surface area contributed by atoms with Crippen molar-refractivity contribution in [3.63, 3.8) is 0 Å². The Morgan fingerprint density at radius 1 is 0.718 bits per heavy atom. The molecule has 4 N–H and O–H groups in total. The molecular weight excluding hydrogens is 518 g/mol. The number of rotatable bonds is 22. The van der Waals surface area contributed by atoms with E-state index >= 15 is 0 Å². The minimum Gasteiger partial charge on any atom is -0.377 e. The van der Waals surface area contributed by atoms with E-state index < -0.39 is 0 Å². The molecule has 15 nitrogen and oxygen atoms in total. The Hall–Kier alpha value is -3.14. The molecule has 39 heavy (non-hydrogen) atoms. The first-order valence-corrected chi connectivity index (χ1v) is 12.9. The molecule has 0 aliphatic carbocycles. The number of nitrogens with zero attached hydrogens (tertiary/aromatic N) is 1. The fourth-order valence-corrected chi connectivity index (χ4v) is 3.22. The number of likely N-dealkylation sites (tertiary alicyclic amines) is 1. The number of carbonyl (C=O) groups is 6. The number of amides is 6. The zero-order valence-corrected chi connectivity index (χ0v) is 22.7. The van der Waals surface area contributed by atoms with E-state index in [1.165, 1.54) is 6.92 Å². The summed E-state index contributed by atoms with van der Waals surface area (Å²) >= 11 is 0. The Kier molecular flexibility index (Phi) is 18.1. The lowest BCUT2D eigenvalue weighted by molar-refractivity contribution is -0.139. The molecule has 0 aromatic carbocycles. The molecule has 6 amide bonds. The van der Waals surface area contributed by atoms with Crippen LogP contribution in [-0.2, 0) is 47.7 Å². The SMILES string of the molecule is CC(=O)NCCOCCOCC(=O)NCCOCCOCC(=O)NCCNC(=O)CCN1C(=O)CC(C)C1=O. The molecule has 0 radical (unpaired) electrons. The van der Waals surface area contributed by atoms with E-state index in [1.54, 1.807) is 6.92 Å². The van der Waals surface area contributed by atoms with Crippen LogP contribution in [0.1, 0.15) is 26.7 Å². The standard InChI is InChI=1S/C24H41N5O10/c1-18-15-23(34)29(24(18)35)8-3-20(31)26-4-5-27-21(32)16-38-14-12-37-10-7-28-22(33)17-39-13-11-36-9-6-25-19(2)30/h18H,3-17H2,1-2H3,(H,25,30)(H,26,31)(H,27,32)(H,28,33). The van der Waals surface area contributed by atoms with E-state index in [-0.39, 0.29) is 113 Å². The maximum absolute atomic E-state index is 11.9. The predicted molar refractivity (Wildman–Crippen MR) is 136 cm³/mol. The lowest BCUT2D eigenvalue weighted by Crippen LogP contribution is -2.38. The summed E-state index contributed by atoms with van der Waals surface area (Å²) in [6, 6.07) is 0. The Morgan fingerprint density at radius 3 is 1.72 bits per heavy atom. The van der Waals surface area contributed by atoms with Crippen LogP contribution in [0.5, 0.6) is 0 Å². The van der Waals surface area contributed by atoms with Crippen LogP contribution in [0, 0.1) is 5.92 Å². The van der Waals surface area contributed by atoms with E-state index in [2.05, 4.69) is 21.3 Å². The first-order valence-electron chi connectivity index (χ1n) is 12.9. The molecule has 0 aromatic rings. The highest BCUT2D eigenvalue weighted by Gasteiger charge is 2.35. The fourth-order valence-electron chi connectivity index (χ4n) is 3.22. The largest absolute Gasteiger partial charge is 0.377 e. The monoisotopic (exact) mass is 559 g/mol. The molecule has 1 saturated heterocycles. The van der Waals surface area contributed by atoms with Crippen LogP contribution < -0.4 is 21.3 Å². The average molecular weight is 560 g/mol. The van der Waals surface area contributed by atoms with Crippen LogP contribution in [0.3, 0.4) is 0 Å². The van der Waals surface area contributed by atoms with Crippen LogP contribution in [-0.4, -0.2) is 126 Å². The lowest BCUT2D eigenvalue weighted by atomic mass is 10.1. The van der Waals surface area contributed by atoms with Crippen molar-refractivity contribution in [2.24, 2.45) is 5.92 Å². The third-order valence-electron chi connectivity index (χ3n) is 5.20. The molecule has 1 aliphatic rings. The predicted octanol–water partition coefficient (Wildman–Crippen LogP) is -2.68. The lowest BCUT2D eigenvalue weighted by Gasteiger charge is -2.14. The minimum atomic E-state index is -0.350. The van der Waals surface area contributed by atoms with Gasteiger partial charge in [-0.15, -0.1) is 0 Å². The number of ether oxygens (including phenoxy) is 4. The van der Waals surface area contributed by atoms with Gasteiger partial charge >= 0.3 is 0 Å². The summed E-state index contributed by atoms with van der Waals surface area (Å²) in [5, 5.41) is 10.4. The maximum Gasteiger partial charge on any atom is 0.246 e. The molecule has 1 atom stereocenters. The summed E-state index contributed by atoms with van der Waals surface area (Å²) < 4.78 is 20.9. The molecule has 0 saturated carbocycles. The Morgan fingerprint density at radius 2 is 1.21 bits per heavy atom. The number of hydrogen-bond acceptors (Lipinski definition) is 10. The third-order valence-corrected chi connectivity index (χ3v) is 5.20. The molecule has 0 spiro atoms. The average Bonchev–Trinajstić information content (AvgIpc) is 3.13. The Labute approximate surface area is 228 Å². The van der Waals surface area contributed by atoms with Crippen molar-refractivity contribution in [3.8, 4) is 0 Å². The second kappa shape index (κ2) is 20.8. The third kappa shape index (κ3) is 17.1. The van der Waals surface area contributed by atoms with Crippen molar-refractivity contribution in [2.45, 2.75) is 26.7 Å². The first kappa shape index (κ1) is 33.9. The Bertz CT molecular complexity index is 810. The van der Waals surface area contributed by atoms with Crippen LogP contribution in [0.25, 0.3) is 0 Å². The number of carbonyl (C=O) groups excluding carboxylic acids is 6. The highest BCUT2D eigenvalue weighted by molar-refractivity contribution is 6.03. The highest BCUT2D eigenvalue weighted by Crippen LogP contribution is 2.18. The summed E-state index contributed by atoms with van der Waals surface area (Å²) in [7, 11) is 0. The van der Waals surface area contributed by atoms with Crippen molar-refractivity contribution in [3.05, 3.63) is 0 Å². The fraction of sp³-hybridized carbons (Fsp3) is 0.750. The van der Waals surface area contributed by atoms with Crippen LogP contribution >= 0.6 is 0 Å². The van der Waals surface area contributed by atoms with Crippen LogP contribution in [0.15, 0.2) is 0 Å². The van der Waals surface area contributed by atoms with E-state index in [4.69, 9.17) is 18.9 Å². The molecule has 0 aromatic heterocycles. The molecule has 0 bridgehead atoms. The molecular formula is C24H41N5O10. The molecule has 15 heteroatoms. The van der Waals surface area contributed by atoms with Crippen molar-refractivity contribution in [2.75, 3.05) is 85.6 Å². The van der Waals surface area contributed by atoms with Gasteiger partial charge in [-0.2, -0.15) is 0 Å². The van der Waals surface area contributed by atoms with Gasteiger partial charge in [0.1, 0.15) is 13.2 Å². The normalized spacial score (nSPS) is 14.8. The quantitative estimate of drug-likeness (QED) is 0.0803. The summed E-state index contributed by atoms with van der Waals surface area (Å²) in [5.41, 5.74) is 0. The summed E-state index contributed by atoms with van der Waals surface area (Å²) in [4.78, 5) is 70.5. The van der Waals surface area contributed by atoms with E-state index in [9.17, 15) is 28.8 Å². The second-order valence-corrected chi connectivity index (χ2v) is 8.60. The zero-order valence-electron chi connectivity index (χ0n) is 22.7. The van der Waals surface area contributed by atoms with E-state index in [0.717, 1.165) is 4.90 Å². The number of nitrogens with one attached hydrogen (secondary N) is 4. The zero-order chi connectivity index (χ0) is 28.9. The van der Waals surface area contributed by atoms with Crippen molar-refractivity contribution >= 4 is 35.4 Å². The molecule has 1 fully saturated rings. The van der Waals surface area contributed by atoms with E-state index in [0.29, 0.717) is 26.3 Å². The molecule has 1 rings (SSSR count). The van der Waals surface area contributed by atoms with Crippen molar-refractivity contribution < 1.29 is 47.7 Å². The van der Waals surface area contributed by atoms with Gasteiger partial charge in [0.2, 0.25) is 35.4 Å².